The Hall–Kier alpha value is -6.78. The topological polar surface area (TPSA) is 9.72 Å². The summed E-state index contributed by atoms with van der Waals surface area (Å²) in [5.41, 5.74) is 31.8. The van der Waals surface area contributed by atoms with Crippen LogP contribution < -0.4 is 31.1 Å². The Morgan fingerprint density at radius 1 is 0.436 bits per heavy atom. The summed E-state index contributed by atoms with van der Waals surface area (Å²) in [6, 6.07) is 57.8. The predicted molar refractivity (Wildman–Crippen MR) is 336 cm³/mol. The Morgan fingerprint density at radius 3 is 1.62 bits per heavy atom. The van der Waals surface area contributed by atoms with E-state index in [1.165, 1.54) is 141 Å². The van der Waals surface area contributed by atoms with Gasteiger partial charge in [0, 0.05) is 50.9 Å². The largest absolute Gasteiger partial charge is 0.311 e. The highest BCUT2D eigenvalue weighted by atomic mass is 15.2. The van der Waals surface area contributed by atoms with Gasteiger partial charge in [-0.2, -0.15) is 0 Å². The molecule has 0 fully saturated rings. The second kappa shape index (κ2) is 16.9. The average Bonchev–Trinajstić information content (AvgIpc) is 3.77. The van der Waals surface area contributed by atoms with Gasteiger partial charge in [-0.05, 0) is 217 Å². The Bertz CT molecular complexity index is 3790. The van der Waals surface area contributed by atoms with Crippen molar-refractivity contribution in [3.63, 3.8) is 0 Å². The molecule has 0 N–H and O–H groups in total. The third kappa shape index (κ3) is 7.43. The maximum Gasteiger partial charge on any atom is 0.252 e. The van der Waals surface area contributed by atoms with E-state index in [1.54, 1.807) is 0 Å². The summed E-state index contributed by atoms with van der Waals surface area (Å²) in [5, 5.41) is 0. The van der Waals surface area contributed by atoms with E-state index in [-0.39, 0.29) is 39.2 Å². The number of rotatable bonds is 5. The standard InChI is InChI=1S/C74H80BN3/c1-45-38-65-68-66(39-45)78(62-27-21-24-52-51-31-28-48(69(4,5)6)40-54(51)74(15,16)67(52)62)63-42-50(76(60-25-19-17-22-46(60)2)61-26-20-18-23-47(61)3)30-33-58(63)75(68)59-43-56-57(73(13,14)37-36-72(56,11)12)44-64(59)77(65)49-29-32-53-55(41-49)71(9,10)35-34-70(53,7)8/h17-33,38-44H,34-37H2,1-16H3. The first kappa shape index (κ1) is 50.7. The fraction of sp³-hybridized carbons (Fsp3) is 0.351. The number of para-hydroxylation sites is 2. The zero-order valence-corrected chi connectivity index (χ0v) is 49.6. The second-order valence-electron chi connectivity index (χ2n) is 28.5. The minimum atomic E-state index is -0.283. The molecule has 0 atom stereocenters. The first-order valence-corrected chi connectivity index (χ1v) is 29.2. The summed E-state index contributed by atoms with van der Waals surface area (Å²) in [7, 11) is 0. The summed E-state index contributed by atoms with van der Waals surface area (Å²) in [4.78, 5) is 7.95. The molecule has 2 aliphatic heterocycles. The third-order valence-electron chi connectivity index (χ3n) is 20.0. The number of aryl methyl sites for hydroxylation is 3. The molecule has 8 aromatic carbocycles. The summed E-state index contributed by atoms with van der Waals surface area (Å²) >= 11 is 0. The Labute approximate surface area is 467 Å². The number of hydrogen-bond acceptors (Lipinski definition) is 3. The molecule has 0 spiro atoms. The van der Waals surface area contributed by atoms with E-state index in [1.807, 2.05) is 0 Å². The number of fused-ring (bicyclic) bond motifs is 9. The van der Waals surface area contributed by atoms with E-state index in [9.17, 15) is 0 Å². The highest BCUT2D eigenvalue weighted by Gasteiger charge is 2.49. The molecule has 0 aromatic heterocycles. The van der Waals surface area contributed by atoms with Crippen LogP contribution in [0.3, 0.4) is 0 Å². The van der Waals surface area contributed by atoms with Crippen LogP contribution in [-0.4, -0.2) is 6.71 Å². The molecule has 2 heterocycles. The van der Waals surface area contributed by atoms with Gasteiger partial charge in [-0.3, -0.25) is 0 Å². The summed E-state index contributed by atoms with van der Waals surface area (Å²) in [6.07, 6.45) is 4.68. The van der Waals surface area contributed by atoms with Gasteiger partial charge in [0.2, 0.25) is 0 Å². The first-order chi connectivity index (χ1) is 36.8. The minimum Gasteiger partial charge on any atom is -0.311 e. The lowest BCUT2D eigenvalue weighted by Crippen LogP contribution is -2.62. The predicted octanol–water partition coefficient (Wildman–Crippen LogP) is 18.5. The van der Waals surface area contributed by atoms with Crippen LogP contribution in [0.15, 0.2) is 146 Å². The minimum absolute atomic E-state index is 0.0234. The molecule has 78 heavy (non-hydrogen) atoms. The smallest absolute Gasteiger partial charge is 0.252 e. The van der Waals surface area contributed by atoms with Crippen LogP contribution in [0.5, 0.6) is 0 Å². The van der Waals surface area contributed by atoms with E-state index >= 15 is 0 Å². The molecule has 3 nitrogen and oxygen atoms in total. The van der Waals surface area contributed by atoms with Gasteiger partial charge in [-0.15, -0.1) is 0 Å². The molecule has 0 radical (unpaired) electrons. The normalized spacial score (nSPS) is 18.2. The van der Waals surface area contributed by atoms with Crippen molar-refractivity contribution in [3.05, 3.63) is 201 Å². The van der Waals surface area contributed by atoms with Crippen LogP contribution in [0.2, 0.25) is 0 Å². The number of nitrogens with zero attached hydrogens (tertiary/aromatic N) is 3. The van der Waals surface area contributed by atoms with E-state index in [4.69, 9.17) is 0 Å². The van der Waals surface area contributed by atoms with Gasteiger partial charge >= 0.3 is 0 Å². The highest BCUT2D eigenvalue weighted by molar-refractivity contribution is 7.00. The quantitative estimate of drug-likeness (QED) is 0.159. The zero-order valence-electron chi connectivity index (χ0n) is 49.6. The van der Waals surface area contributed by atoms with Crippen molar-refractivity contribution in [2.75, 3.05) is 14.7 Å². The second-order valence-corrected chi connectivity index (χ2v) is 28.5. The van der Waals surface area contributed by atoms with Crippen molar-refractivity contribution in [1.82, 2.24) is 0 Å². The Kier molecular flexibility index (Phi) is 11.0. The van der Waals surface area contributed by atoms with Gasteiger partial charge in [0.05, 0.1) is 5.69 Å². The van der Waals surface area contributed by atoms with Crippen molar-refractivity contribution < 1.29 is 0 Å². The first-order valence-electron chi connectivity index (χ1n) is 29.2. The van der Waals surface area contributed by atoms with E-state index in [2.05, 4.69) is 271 Å². The van der Waals surface area contributed by atoms with E-state index in [0.717, 1.165) is 18.5 Å². The van der Waals surface area contributed by atoms with Gasteiger partial charge in [0.25, 0.3) is 6.71 Å². The maximum absolute atomic E-state index is 2.72. The molecular formula is C74H80BN3. The van der Waals surface area contributed by atoms with E-state index < -0.39 is 0 Å². The SMILES string of the molecule is Cc1cc2c3c(c1)N(c1cccc4c1C(C)(C)c1cc(C(C)(C)C)ccc1-4)c1cc(N(c4ccccc4C)c4ccccc4C)ccc1B3c1cc3c(cc1N2c1ccc2c(c1)C(C)(C)CCC2(C)C)C(C)(C)CCC3(C)C. The molecule has 5 aliphatic rings. The summed E-state index contributed by atoms with van der Waals surface area (Å²) in [5.74, 6) is 0. The average molecular weight is 1020 g/mol. The fourth-order valence-electron chi connectivity index (χ4n) is 15.1. The maximum atomic E-state index is 2.72. The van der Waals surface area contributed by atoms with Crippen LogP contribution >= 0.6 is 0 Å². The molecular weight excluding hydrogens is 942 g/mol. The molecule has 4 heteroatoms. The lowest BCUT2D eigenvalue weighted by molar-refractivity contribution is 0.332. The van der Waals surface area contributed by atoms with Crippen molar-refractivity contribution in [1.29, 1.82) is 0 Å². The molecule has 394 valence electrons. The van der Waals surface area contributed by atoms with Gasteiger partial charge in [-0.25, -0.2) is 0 Å². The van der Waals surface area contributed by atoms with Crippen molar-refractivity contribution >= 4 is 74.3 Å². The van der Waals surface area contributed by atoms with Crippen LogP contribution in [0.25, 0.3) is 11.1 Å². The number of anilines is 9. The summed E-state index contributed by atoms with van der Waals surface area (Å²) < 4.78 is 0. The number of benzene rings is 8. The Morgan fingerprint density at radius 2 is 1.00 bits per heavy atom. The van der Waals surface area contributed by atoms with Crippen LogP contribution in [-0.2, 0) is 32.5 Å². The molecule has 0 saturated heterocycles. The molecule has 8 aromatic rings. The molecule has 0 saturated carbocycles. The van der Waals surface area contributed by atoms with Crippen LogP contribution in [0, 0.1) is 20.8 Å². The number of hydrogen-bond donors (Lipinski definition) is 0. The summed E-state index contributed by atoms with van der Waals surface area (Å²) in [6.45, 7) is 38.6. The fourth-order valence-corrected chi connectivity index (χ4v) is 15.1. The van der Waals surface area contributed by atoms with Crippen LogP contribution in [0.4, 0.5) is 51.2 Å². The molecule has 0 bridgehead atoms. The Balaban J connectivity index is 1.14. The van der Waals surface area contributed by atoms with E-state index in [0.29, 0.717) is 0 Å². The van der Waals surface area contributed by atoms with Crippen molar-refractivity contribution in [2.45, 2.75) is 169 Å². The monoisotopic (exact) mass is 1020 g/mol. The van der Waals surface area contributed by atoms with Gasteiger partial charge in [-0.1, -0.05) is 175 Å². The molecule has 3 aliphatic carbocycles. The van der Waals surface area contributed by atoms with Crippen molar-refractivity contribution in [3.8, 4) is 11.1 Å². The van der Waals surface area contributed by atoms with Gasteiger partial charge in [0.15, 0.2) is 0 Å². The van der Waals surface area contributed by atoms with Crippen LogP contribution in [0.1, 0.15) is 171 Å². The zero-order chi connectivity index (χ0) is 55.0. The van der Waals surface area contributed by atoms with Gasteiger partial charge in [0.1, 0.15) is 0 Å². The van der Waals surface area contributed by atoms with Crippen molar-refractivity contribution in [2.24, 2.45) is 0 Å². The lowest BCUT2D eigenvalue weighted by Gasteiger charge is -2.48. The molecule has 0 amide bonds. The highest BCUT2D eigenvalue weighted by Crippen LogP contribution is 2.58. The molecule has 13 rings (SSSR count). The van der Waals surface area contributed by atoms with Gasteiger partial charge < -0.3 is 14.7 Å². The molecule has 0 unspecified atom stereocenters. The lowest BCUT2D eigenvalue weighted by atomic mass is 9.33. The third-order valence-corrected chi connectivity index (χ3v) is 20.0.